The topological polar surface area (TPSA) is 52.6 Å². The van der Waals surface area contributed by atoms with Gasteiger partial charge in [0.1, 0.15) is 5.75 Å². The summed E-state index contributed by atoms with van der Waals surface area (Å²) < 4.78 is 0. The van der Waals surface area contributed by atoms with E-state index in [0.717, 1.165) is 31.0 Å². The predicted molar refractivity (Wildman–Crippen MR) is 80.0 cm³/mol. The van der Waals surface area contributed by atoms with Gasteiger partial charge >= 0.3 is 0 Å². The number of hydrogen-bond donors (Lipinski definition) is 2. The van der Waals surface area contributed by atoms with Crippen LogP contribution in [0.1, 0.15) is 35.2 Å². The van der Waals surface area contributed by atoms with Gasteiger partial charge < -0.3 is 15.3 Å². The van der Waals surface area contributed by atoms with E-state index in [2.05, 4.69) is 17.3 Å². The van der Waals surface area contributed by atoms with E-state index in [-0.39, 0.29) is 11.7 Å². The molecule has 1 fully saturated rings. The number of carbonyl (C=O) groups excluding carboxylic acids is 1. The second kappa shape index (κ2) is 6.75. The van der Waals surface area contributed by atoms with Gasteiger partial charge in [-0.25, -0.2) is 0 Å². The summed E-state index contributed by atoms with van der Waals surface area (Å²) in [6.07, 6.45) is 3.48. The van der Waals surface area contributed by atoms with Crippen molar-refractivity contribution in [1.29, 1.82) is 0 Å². The molecule has 1 heterocycles. The Morgan fingerprint density at radius 2 is 2.10 bits per heavy atom. The summed E-state index contributed by atoms with van der Waals surface area (Å²) in [5, 5.41) is 12.6. The summed E-state index contributed by atoms with van der Waals surface area (Å²) >= 11 is 0. The zero-order chi connectivity index (χ0) is 14.5. The van der Waals surface area contributed by atoms with Gasteiger partial charge in [-0.2, -0.15) is 0 Å². The smallest absolute Gasteiger partial charge is 0.251 e. The van der Waals surface area contributed by atoms with Gasteiger partial charge in [-0.3, -0.25) is 4.79 Å². The first-order chi connectivity index (χ1) is 9.56. The van der Waals surface area contributed by atoms with Crippen LogP contribution in [-0.4, -0.2) is 42.6 Å². The minimum absolute atomic E-state index is 0.103. The zero-order valence-electron chi connectivity index (χ0n) is 12.4. The summed E-state index contributed by atoms with van der Waals surface area (Å²) in [6.45, 7) is 4.84. The van der Waals surface area contributed by atoms with Crippen LogP contribution in [0, 0.1) is 12.8 Å². The highest BCUT2D eigenvalue weighted by atomic mass is 16.3. The maximum Gasteiger partial charge on any atom is 0.251 e. The lowest BCUT2D eigenvalue weighted by atomic mass is 9.94. The molecule has 0 spiro atoms. The first-order valence-electron chi connectivity index (χ1n) is 7.32. The van der Waals surface area contributed by atoms with Gasteiger partial charge in [0.2, 0.25) is 0 Å². The third kappa shape index (κ3) is 3.97. The van der Waals surface area contributed by atoms with Crippen LogP contribution in [0.5, 0.6) is 5.75 Å². The maximum atomic E-state index is 12.0. The van der Waals surface area contributed by atoms with E-state index < -0.39 is 0 Å². The highest BCUT2D eigenvalue weighted by Crippen LogP contribution is 2.19. The molecule has 0 radical (unpaired) electrons. The summed E-state index contributed by atoms with van der Waals surface area (Å²) in [5.74, 6) is 0.791. The number of piperidine rings is 1. The third-order valence-corrected chi connectivity index (χ3v) is 4.15. The summed E-state index contributed by atoms with van der Waals surface area (Å²) in [6, 6.07) is 5.04. The molecule has 0 unspecified atom stereocenters. The summed E-state index contributed by atoms with van der Waals surface area (Å²) in [5.41, 5.74) is 1.31. The van der Waals surface area contributed by atoms with Gasteiger partial charge in [0.25, 0.3) is 5.91 Å². The molecule has 4 heteroatoms. The fourth-order valence-electron chi connectivity index (χ4n) is 2.59. The number of likely N-dealkylation sites (tertiary alicyclic amines) is 1. The Balaban J connectivity index is 1.76. The van der Waals surface area contributed by atoms with E-state index in [9.17, 15) is 9.90 Å². The Morgan fingerprint density at radius 3 is 2.75 bits per heavy atom. The number of nitrogens with one attached hydrogen (secondary N) is 1. The molecule has 2 rings (SSSR count). The SMILES string of the molecule is Cc1ccc(C(=O)NCCC2CCN(C)CC2)cc1O. The van der Waals surface area contributed by atoms with Crippen LogP contribution in [0.4, 0.5) is 0 Å². The van der Waals surface area contributed by atoms with Crippen molar-refractivity contribution in [2.45, 2.75) is 26.2 Å². The average molecular weight is 276 g/mol. The lowest BCUT2D eigenvalue weighted by molar-refractivity contribution is 0.0948. The highest BCUT2D eigenvalue weighted by Gasteiger charge is 2.16. The van der Waals surface area contributed by atoms with Gasteiger partial charge in [0.05, 0.1) is 0 Å². The molecular formula is C16H24N2O2. The summed E-state index contributed by atoms with van der Waals surface area (Å²) in [4.78, 5) is 14.3. The van der Waals surface area contributed by atoms with Gasteiger partial charge in [-0.1, -0.05) is 6.07 Å². The number of phenolic OH excluding ortho intramolecular Hbond substituents is 1. The van der Waals surface area contributed by atoms with Crippen molar-refractivity contribution in [2.24, 2.45) is 5.92 Å². The molecule has 1 aromatic carbocycles. The van der Waals surface area contributed by atoms with Gasteiger partial charge in [0, 0.05) is 12.1 Å². The predicted octanol–water partition coefficient (Wildman–Crippen LogP) is 2.16. The van der Waals surface area contributed by atoms with Gasteiger partial charge in [-0.15, -0.1) is 0 Å². The second-order valence-electron chi connectivity index (χ2n) is 5.79. The molecule has 2 N–H and O–H groups in total. The van der Waals surface area contributed by atoms with Crippen LogP contribution in [0.15, 0.2) is 18.2 Å². The van der Waals surface area contributed by atoms with Gasteiger partial charge in [-0.05, 0) is 69.9 Å². The number of phenols is 1. The molecule has 0 saturated carbocycles. The van der Waals surface area contributed by atoms with E-state index in [1.165, 1.54) is 18.9 Å². The number of rotatable bonds is 4. The molecule has 1 saturated heterocycles. The maximum absolute atomic E-state index is 12.0. The van der Waals surface area contributed by atoms with Crippen LogP contribution in [0.25, 0.3) is 0 Å². The molecule has 0 aromatic heterocycles. The molecule has 1 aliphatic heterocycles. The standard InChI is InChI=1S/C16H24N2O2/c1-12-3-4-14(11-15(12)19)16(20)17-8-5-13-6-9-18(2)10-7-13/h3-4,11,13,19H,5-10H2,1-2H3,(H,17,20). The van der Waals surface area contributed by atoms with Gasteiger partial charge in [0.15, 0.2) is 0 Å². The molecule has 4 nitrogen and oxygen atoms in total. The van der Waals surface area contributed by atoms with E-state index >= 15 is 0 Å². The van der Waals surface area contributed by atoms with E-state index in [1.54, 1.807) is 12.1 Å². The van der Waals surface area contributed by atoms with Crippen molar-refractivity contribution >= 4 is 5.91 Å². The number of hydrogen-bond acceptors (Lipinski definition) is 3. The monoisotopic (exact) mass is 276 g/mol. The first kappa shape index (κ1) is 14.9. The zero-order valence-corrected chi connectivity index (χ0v) is 12.4. The van der Waals surface area contributed by atoms with E-state index in [1.807, 2.05) is 6.92 Å². The van der Waals surface area contributed by atoms with Crippen molar-refractivity contribution in [3.8, 4) is 5.75 Å². The minimum atomic E-state index is -0.103. The Bertz CT molecular complexity index is 466. The Morgan fingerprint density at radius 1 is 1.40 bits per heavy atom. The largest absolute Gasteiger partial charge is 0.508 e. The van der Waals surface area contributed by atoms with E-state index in [4.69, 9.17) is 0 Å². The van der Waals surface area contributed by atoms with Crippen LogP contribution in [0.2, 0.25) is 0 Å². The quantitative estimate of drug-likeness (QED) is 0.886. The molecular weight excluding hydrogens is 252 g/mol. The molecule has 1 aliphatic rings. The van der Waals surface area contributed by atoms with Crippen molar-refractivity contribution in [2.75, 3.05) is 26.7 Å². The Hall–Kier alpha value is -1.55. The summed E-state index contributed by atoms with van der Waals surface area (Å²) in [7, 11) is 2.15. The molecule has 1 aromatic rings. The number of carbonyl (C=O) groups is 1. The molecule has 1 amide bonds. The lowest BCUT2D eigenvalue weighted by Gasteiger charge is -2.28. The Labute approximate surface area is 120 Å². The van der Waals surface area contributed by atoms with Crippen molar-refractivity contribution in [3.05, 3.63) is 29.3 Å². The average Bonchev–Trinajstić information content (AvgIpc) is 2.44. The number of benzene rings is 1. The molecule has 20 heavy (non-hydrogen) atoms. The highest BCUT2D eigenvalue weighted by molar-refractivity contribution is 5.94. The molecule has 110 valence electrons. The minimum Gasteiger partial charge on any atom is -0.508 e. The van der Waals surface area contributed by atoms with Crippen LogP contribution in [-0.2, 0) is 0 Å². The number of aryl methyl sites for hydroxylation is 1. The van der Waals surface area contributed by atoms with Crippen molar-refractivity contribution < 1.29 is 9.90 Å². The third-order valence-electron chi connectivity index (χ3n) is 4.15. The molecule has 0 bridgehead atoms. The normalized spacial score (nSPS) is 17.1. The fourth-order valence-corrected chi connectivity index (χ4v) is 2.59. The fraction of sp³-hybridized carbons (Fsp3) is 0.562. The van der Waals surface area contributed by atoms with Crippen LogP contribution >= 0.6 is 0 Å². The van der Waals surface area contributed by atoms with Crippen molar-refractivity contribution in [3.63, 3.8) is 0 Å². The van der Waals surface area contributed by atoms with Crippen LogP contribution < -0.4 is 5.32 Å². The first-order valence-corrected chi connectivity index (χ1v) is 7.32. The molecule has 0 atom stereocenters. The number of aromatic hydroxyl groups is 1. The Kier molecular flexibility index (Phi) is 5.01. The second-order valence-corrected chi connectivity index (χ2v) is 5.79. The van der Waals surface area contributed by atoms with Crippen LogP contribution in [0.3, 0.4) is 0 Å². The van der Waals surface area contributed by atoms with Crippen molar-refractivity contribution in [1.82, 2.24) is 10.2 Å². The lowest BCUT2D eigenvalue weighted by Crippen LogP contribution is -2.32. The number of amides is 1. The number of nitrogens with zero attached hydrogens (tertiary/aromatic N) is 1. The van der Waals surface area contributed by atoms with E-state index in [0.29, 0.717) is 12.1 Å². The molecule has 0 aliphatic carbocycles.